The molecule has 0 saturated carbocycles. The first kappa shape index (κ1) is 30.2. The summed E-state index contributed by atoms with van der Waals surface area (Å²) in [5.74, 6) is 0.114. The van der Waals surface area contributed by atoms with Crippen molar-refractivity contribution in [1.82, 2.24) is 5.32 Å². The molecule has 1 amide bonds. The Bertz CT molecular complexity index is 1440. The van der Waals surface area contributed by atoms with Gasteiger partial charge in [-0.1, -0.05) is 18.2 Å². The van der Waals surface area contributed by atoms with E-state index in [-0.39, 0.29) is 18.6 Å². The first-order valence-electron chi connectivity index (χ1n) is 13.8. The number of anilines is 1. The maximum atomic E-state index is 13.2. The van der Waals surface area contributed by atoms with E-state index in [1.165, 1.54) is 0 Å². The van der Waals surface area contributed by atoms with E-state index in [4.69, 9.17) is 9.15 Å². The number of carbonyl (C=O) groups is 1. The van der Waals surface area contributed by atoms with Gasteiger partial charge in [0.25, 0.3) is 5.91 Å². The lowest BCUT2D eigenvalue weighted by molar-refractivity contribution is -0.197. The van der Waals surface area contributed by atoms with Crippen LogP contribution in [0.4, 0.5) is 5.69 Å². The molecule has 41 heavy (non-hydrogen) atoms. The number of aliphatic hydroxyl groups is 4. The third-order valence-corrected chi connectivity index (χ3v) is 7.67. The fourth-order valence-corrected chi connectivity index (χ4v) is 5.26. The van der Waals surface area contributed by atoms with Crippen LogP contribution in [0.25, 0.3) is 27.7 Å². The van der Waals surface area contributed by atoms with Gasteiger partial charge in [0, 0.05) is 36.5 Å². The van der Waals surface area contributed by atoms with Crippen molar-refractivity contribution in [1.29, 1.82) is 5.26 Å². The summed E-state index contributed by atoms with van der Waals surface area (Å²) in [6.07, 6.45) is -4.85. The Balaban J connectivity index is 1.57. The van der Waals surface area contributed by atoms with Crippen molar-refractivity contribution < 1.29 is 34.4 Å². The number of nitriles is 1. The molecule has 10 nitrogen and oxygen atoms in total. The molecule has 0 radical (unpaired) electrons. The number of hydrogen-bond acceptors (Lipinski definition) is 9. The largest absolute Gasteiger partial charge is 0.456 e. The second-order valence-corrected chi connectivity index (χ2v) is 10.1. The molecule has 2 aromatic carbocycles. The summed E-state index contributed by atoms with van der Waals surface area (Å²) in [5.41, 5.74) is 2.06. The molecule has 218 valence electrons. The van der Waals surface area contributed by atoms with Crippen molar-refractivity contribution in [2.45, 2.75) is 57.6 Å². The number of benzene rings is 2. The Labute approximate surface area is 239 Å². The van der Waals surface area contributed by atoms with Crippen molar-refractivity contribution in [3.63, 3.8) is 0 Å². The Hall–Kier alpha value is -3.72. The van der Waals surface area contributed by atoms with E-state index in [1.54, 1.807) is 19.1 Å². The minimum Gasteiger partial charge on any atom is -0.456 e. The average molecular weight is 564 g/mol. The van der Waals surface area contributed by atoms with E-state index >= 15 is 0 Å². The van der Waals surface area contributed by atoms with Gasteiger partial charge >= 0.3 is 0 Å². The Morgan fingerprint density at radius 3 is 2.37 bits per heavy atom. The van der Waals surface area contributed by atoms with Gasteiger partial charge in [-0.05, 0) is 68.3 Å². The van der Waals surface area contributed by atoms with Gasteiger partial charge in [0.15, 0.2) is 0 Å². The lowest BCUT2D eigenvalue weighted by atomic mass is 9.91. The number of hydrogen-bond donors (Lipinski definition) is 5. The molecule has 0 aliphatic carbocycles. The van der Waals surface area contributed by atoms with Crippen LogP contribution in [0.1, 0.15) is 33.0 Å². The van der Waals surface area contributed by atoms with Crippen LogP contribution in [-0.4, -0.2) is 83.1 Å². The number of nitrogens with zero attached hydrogens (tertiary/aromatic N) is 2. The van der Waals surface area contributed by atoms with E-state index in [1.807, 2.05) is 24.3 Å². The minimum absolute atomic E-state index is 0.0416. The topological polar surface area (TPSA) is 159 Å². The summed E-state index contributed by atoms with van der Waals surface area (Å²) < 4.78 is 11.6. The first-order chi connectivity index (χ1) is 19.8. The van der Waals surface area contributed by atoms with Gasteiger partial charge in [0.1, 0.15) is 41.5 Å². The van der Waals surface area contributed by atoms with Gasteiger partial charge in [-0.2, -0.15) is 5.26 Å². The Morgan fingerprint density at radius 2 is 1.71 bits per heavy atom. The van der Waals surface area contributed by atoms with Crippen molar-refractivity contribution in [2.75, 3.05) is 31.2 Å². The molecule has 10 heteroatoms. The molecule has 2 heterocycles. The zero-order chi connectivity index (χ0) is 29.7. The van der Waals surface area contributed by atoms with Gasteiger partial charge in [0.05, 0.1) is 18.8 Å². The number of ether oxygens (including phenoxy) is 1. The SMILES string of the molecule is CCN(CC)c1ccc2cc(-c3ccc(/C(C)=C(\C#N)C(=O)N[C@H]4C(CCO)O[C@H](CO)[C@@H](O)[C@@H]4O)o3)ccc2c1. The zero-order valence-corrected chi connectivity index (χ0v) is 23.4. The highest BCUT2D eigenvalue weighted by molar-refractivity contribution is 6.04. The van der Waals surface area contributed by atoms with Crippen LogP contribution in [0.5, 0.6) is 0 Å². The zero-order valence-electron chi connectivity index (χ0n) is 23.4. The lowest BCUT2D eigenvalue weighted by Gasteiger charge is -2.42. The number of aliphatic hydroxyl groups excluding tert-OH is 4. The maximum Gasteiger partial charge on any atom is 0.262 e. The Kier molecular flexibility index (Phi) is 9.81. The molecule has 4 rings (SSSR count). The van der Waals surface area contributed by atoms with Crippen molar-refractivity contribution in [2.24, 2.45) is 0 Å². The number of amides is 1. The van der Waals surface area contributed by atoms with Crippen LogP contribution in [0.15, 0.2) is 58.5 Å². The third kappa shape index (κ3) is 6.30. The van der Waals surface area contributed by atoms with E-state index in [0.29, 0.717) is 17.1 Å². The Morgan fingerprint density at radius 1 is 1.00 bits per heavy atom. The second-order valence-electron chi connectivity index (χ2n) is 10.1. The summed E-state index contributed by atoms with van der Waals surface area (Å²) in [7, 11) is 0. The number of furan rings is 1. The highest BCUT2D eigenvalue weighted by Crippen LogP contribution is 2.31. The third-order valence-electron chi connectivity index (χ3n) is 7.67. The predicted molar refractivity (Wildman–Crippen MR) is 155 cm³/mol. The predicted octanol–water partition coefficient (Wildman–Crippen LogP) is 2.59. The smallest absolute Gasteiger partial charge is 0.262 e. The molecule has 1 saturated heterocycles. The fraction of sp³-hybridized carbons (Fsp3) is 0.419. The highest BCUT2D eigenvalue weighted by Gasteiger charge is 2.44. The van der Waals surface area contributed by atoms with Crippen LogP contribution >= 0.6 is 0 Å². The average Bonchev–Trinajstić information content (AvgIpc) is 3.48. The molecule has 1 aliphatic heterocycles. The summed E-state index contributed by atoms with van der Waals surface area (Å²) in [6.45, 7) is 6.85. The van der Waals surface area contributed by atoms with Crippen LogP contribution in [0.2, 0.25) is 0 Å². The number of fused-ring (bicyclic) bond motifs is 1. The number of allylic oxidation sites excluding steroid dienone is 1. The molecule has 1 aromatic heterocycles. The van der Waals surface area contributed by atoms with Gasteiger partial charge in [-0.15, -0.1) is 0 Å². The quantitative estimate of drug-likeness (QED) is 0.185. The number of nitrogens with one attached hydrogen (secondary N) is 1. The first-order valence-corrected chi connectivity index (χ1v) is 13.8. The van der Waals surface area contributed by atoms with E-state index in [9.17, 15) is 30.5 Å². The molecule has 3 aromatic rings. The number of rotatable bonds is 10. The molecular formula is C31H37N3O7. The van der Waals surface area contributed by atoms with Gasteiger partial charge in [0.2, 0.25) is 0 Å². The normalized spacial score (nSPS) is 23.1. The van der Waals surface area contributed by atoms with Crippen LogP contribution in [0.3, 0.4) is 0 Å². The maximum absolute atomic E-state index is 13.2. The summed E-state index contributed by atoms with van der Waals surface area (Å²) in [6, 6.07) is 16.6. The highest BCUT2D eigenvalue weighted by atomic mass is 16.5. The number of carbonyl (C=O) groups excluding carboxylic acids is 1. The van der Waals surface area contributed by atoms with Crippen LogP contribution in [-0.2, 0) is 9.53 Å². The summed E-state index contributed by atoms with van der Waals surface area (Å²) in [4.78, 5) is 15.4. The van der Waals surface area contributed by atoms with E-state index in [2.05, 4.69) is 42.3 Å². The molecule has 1 aliphatic rings. The van der Waals surface area contributed by atoms with Gasteiger partial charge in [-0.25, -0.2) is 0 Å². The molecule has 1 fully saturated rings. The minimum atomic E-state index is -1.48. The van der Waals surface area contributed by atoms with Crippen molar-refractivity contribution in [3.8, 4) is 17.4 Å². The second kappa shape index (κ2) is 13.3. The van der Waals surface area contributed by atoms with E-state index in [0.717, 1.165) is 35.1 Å². The van der Waals surface area contributed by atoms with Crippen molar-refractivity contribution in [3.05, 3.63) is 59.9 Å². The van der Waals surface area contributed by atoms with Crippen molar-refractivity contribution >= 4 is 27.9 Å². The molecule has 0 bridgehead atoms. The molecular weight excluding hydrogens is 526 g/mol. The monoisotopic (exact) mass is 563 g/mol. The molecule has 1 unspecified atom stereocenters. The molecule has 5 atom stereocenters. The van der Waals surface area contributed by atoms with Gasteiger partial charge < -0.3 is 39.8 Å². The summed E-state index contributed by atoms with van der Waals surface area (Å²) in [5, 5.41) is 54.3. The lowest BCUT2D eigenvalue weighted by Crippen LogP contribution is -2.64. The van der Waals surface area contributed by atoms with Crippen LogP contribution in [0, 0.1) is 11.3 Å². The molecule has 5 N–H and O–H groups in total. The standard InChI is InChI=1S/C31H37N3O7/c1-4-34(5-2)22-9-8-19-14-21(7-6-20(19)15-22)25-11-10-24(40-25)18(3)23(16-32)31(39)33-28-26(12-13-35)41-27(17-36)29(37)30(28)38/h6-11,14-15,26-30,35-38H,4-5,12-13,17H2,1-3H3,(H,33,39)/b23-18+/t26?,27-,28+,29-,30-/m1/s1. The van der Waals surface area contributed by atoms with E-state index < -0.39 is 43.0 Å². The van der Waals surface area contributed by atoms with Gasteiger partial charge in [-0.3, -0.25) is 4.79 Å². The summed E-state index contributed by atoms with van der Waals surface area (Å²) >= 11 is 0. The van der Waals surface area contributed by atoms with Crippen LogP contribution < -0.4 is 10.2 Å². The fourth-order valence-electron chi connectivity index (χ4n) is 5.26. The molecule has 0 spiro atoms.